The summed E-state index contributed by atoms with van der Waals surface area (Å²) in [7, 11) is 0. The second-order valence-electron chi connectivity index (χ2n) is 19.3. The number of carbonyl (C=O) groups excluding carboxylic acids is 7. The van der Waals surface area contributed by atoms with Crippen LogP contribution in [0, 0.1) is 28.6 Å². The Morgan fingerprint density at radius 2 is 1.21 bits per heavy atom. The maximum atomic E-state index is 11.3. The van der Waals surface area contributed by atoms with Gasteiger partial charge < -0.3 is 29.0 Å². The smallest absolute Gasteiger partial charge is 0.333 e. The van der Waals surface area contributed by atoms with E-state index in [9.17, 15) is 33.6 Å². The minimum atomic E-state index is -0.617. The van der Waals surface area contributed by atoms with E-state index >= 15 is 0 Å². The topological polar surface area (TPSA) is 178 Å². The van der Waals surface area contributed by atoms with E-state index in [1.165, 1.54) is 90.6 Å². The first-order chi connectivity index (χ1) is 31.9. The Hall–Kier alpha value is -4.81. The predicted molar refractivity (Wildman–Crippen MR) is 270 cm³/mol. The summed E-state index contributed by atoms with van der Waals surface area (Å²) in [5.74, 6) is -0.932. The van der Waals surface area contributed by atoms with Crippen LogP contribution in [0.15, 0.2) is 61.8 Å². The summed E-state index contributed by atoms with van der Waals surface area (Å²) in [4.78, 5) is 76.3. The third kappa shape index (κ3) is 29.2. The average Bonchev–Trinajstić information content (AvgIpc) is 3.47. The lowest BCUT2D eigenvalue weighted by Gasteiger charge is -2.38. The highest BCUT2D eigenvalue weighted by Crippen LogP contribution is 2.66. The summed E-state index contributed by atoms with van der Waals surface area (Å²) in [6, 6.07) is 0. The Morgan fingerprint density at radius 3 is 1.65 bits per heavy atom. The third-order valence-electron chi connectivity index (χ3n) is 12.3. The van der Waals surface area contributed by atoms with Crippen LogP contribution in [0.3, 0.4) is 0 Å². The van der Waals surface area contributed by atoms with Gasteiger partial charge in [-0.3, -0.25) is 14.4 Å². The first-order valence-electron chi connectivity index (χ1n) is 24.8. The highest BCUT2D eigenvalue weighted by atomic mass is 16.6. The molecule has 1 amide bonds. The minimum Gasteiger partial charge on any atom is -0.462 e. The van der Waals surface area contributed by atoms with Crippen LogP contribution in [-0.2, 0) is 57.2 Å². The largest absolute Gasteiger partial charge is 0.462 e. The molecule has 68 heavy (non-hydrogen) atoms. The van der Waals surface area contributed by atoms with E-state index < -0.39 is 11.9 Å². The zero-order chi connectivity index (χ0) is 52.3. The van der Waals surface area contributed by atoms with Crippen molar-refractivity contribution < 1.29 is 57.2 Å². The van der Waals surface area contributed by atoms with Gasteiger partial charge in [0, 0.05) is 34.8 Å². The van der Waals surface area contributed by atoms with Gasteiger partial charge in [0.2, 0.25) is 5.91 Å². The molecule has 4 atom stereocenters. The molecule has 0 radical (unpaired) electrons. The molecule has 3 rings (SSSR count). The molecule has 13 nitrogen and oxygen atoms in total. The number of unbranched alkanes of at least 4 members (excludes halogenated alkanes) is 9. The normalized spacial score (nSPS) is 19.3. The zero-order valence-electron chi connectivity index (χ0n) is 44.0. The number of hydrogen-bond donors (Lipinski definition) is 1. The minimum absolute atomic E-state index is 0.0324. The fraction of sp³-hybridized carbons (Fsp3) is 0.691. The number of fused-ring (bicyclic) bond motifs is 2. The highest BCUT2D eigenvalue weighted by Gasteiger charge is 2.62. The molecule has 1 aliphatic heterocycles. The van der Waals surface area contributed by atoms with E-state index in [1.807, 2.05) is 13.8 Å². The summed E-state index contributed by atoms with van der Waals surface area (Å²) in [5, 5.41) is 2.84. The molecule has 4 unspecified atom stereocenters. The van der Waals surface area contributed by atoms with Gasteiger partial charge in [-0.1, -0.05) is 138 Å². The molecule has 3 fully saturated rings. The van der Waals surface area contributed by atoms with Gasteiger partial charge in [0.1, 0.15) is 31.5 Å². The van der Waals surface area contributed by atoms with E-state index in [0.29, 0.717) is 41.6 Å². The van der Waals surface area contributed by atoms with Gasteiger partial charge >= 0.3 is 29.8 Å². The zero-order valence-corrected chi connectivity index (χ0v) is 44.0. The molecular formula is C55H91NO12. The fourth-order valence-electron chi connectivity index (χ4n) is 7.60. The van der Waals surface area contributed by atoms with Gasteiger partial charge in [-0.2, -0.15) is 0 Å². The number of nitrogens with one attached hydrogen (secondary N) is 1. The van der Waals surface area contributed by atoms with Crippen LogP contribution < -0.4 is 5.32 Å². The van der Waals surface area contributed by atoms with Crippen molar-refractivity contribution in [1.29, 1.82) is 0 Å². The summed E-state index contributed by atoms with van der Waals surface area (Å²) in [5.41, 5.74) is 1.70. The standard InChI is InChI=1S/C16H30O2.C13H20O2.C10H14O5.C8H13NO.C8H14O2/c1-4-5-6-7-8-9-10-11-12-13-14-18-16(17)15(2)3;1-5-11(14)15-10-8-9-6-7-13(10,4)12(9,2)3;1-7(2)10(13)15-5-4-14-9(12)6-8(3)11;1-2-7-5-3-4-6-9-8(7)10;1-6(2)5-10-8(9)7(3)4/h2,4-14H2,1,3H3;5,9-10H,1,6-8H2,2-4H3;1,4-6H2,2-3H3;2,7H,1,3-6H2,(H,9,10);6H,3,5H2,1-2,4H3. The summed E-state index contributed by atoms with van der Waals surface area (Å²) in [6.07, 6.45) is 22.5. The second-order valence-corrected chi connectivity index (χ2v) is 19.3. The maximum Gasteiger partial charge on any atom is 0.333 e. The molecule has 0 aromatic heterocycles. The average molecular weight is 958 g/mol. The molecule has 0 aromatic rings. The Bertz CT molecular complexity index is 1630. The van der Waals surface area contributed by atoms with Crippen molar-refractivity contribution in [3.05, 3.63) is 61.8 Å². The van der Waals surface area contributed by atoms with E-state index in [4.69, 9.17) is 14.2 Å². The number of rotatable bonds is 24. The van der Waals surface area contributed by atoms with Gasteiger partial charge in [-0.25, -0.2) is 19.2 Å². The van der Waals surface area contributed by atoms with Gasteiger partial charge in [0.25, 0.3) is 0 Å². The fourth-order valence-corrected chi connectivity index (χ4v) is 7.60. The van der Waals surface area contributed by atoms with E-state index in [1.54, 1.807) is 19.9 Å². The number of esters is 5. The van der Waals surface area contributed by atoms with Crippen molar-refractivity contribution in [2.75, 3.05) is 33.0 Å². The van der Waals surface area contributed by atoms with Gasteiger partial charge in [-0.15, -0.1) is 6.58 Å². The molecule has 2 bridgehead atoms. The lowest BCUT2D eigenvalue weighted by molar-refractivity contribution is -0.151. The van der Waals surface area contributed by atoms with E-state index in [-0.39, 0.29) is 72.2 Å². The Morgan fingerprint density at radius 1 is 0.706 bits per heavy atom. The Labute approximate surface area is 410 Å². The van der Waals surface area contributed by atoms with Crippen molar-refractivity contribution >= 4 is 41.5 Å². The molecule has 1 N–H and O–H groups in total. The van der Waals surface area contributed by atoms with Crippen molar-refractivity contribution in [3.8, 4) is 0 Å². The van der Waals surface area contributed by atoms with Crippen molar-refractivity contribution in [3.63, 3.8) is 0 Å². The van der Waals surface area contributed by atoms with Crippen LogP contribution >= 0.6 is 0 Å². The quantitative estimate of drug-likeness (QED) is 0.0242. The molecule has 0 aromatic carbocycles. The van der Waals surface area contributed by atoms with Crippen LogP contribution in [-0.4, -0.2) is 80.6 Å². The third-order valence-corrected chi connectivity index (χ3v) is 12.3. The Kier molecular flexibility index (Phi) is 35.6. The van der Waals surface area contributed by atoms with Crippen LogP contribution in [0.4, 0.5) is 0 Å². The summed E-state index contributed by atoms with van der Waals surface area (Å²) < 4.78 is 24.6. The maximum absolute atomic E-state index is 11.3. The number of Topliss-reactive ketones (excluding diaryl/α,β-unsaturated/α-hetero) is 1. The molecule has 0 spiro atoms. The SMILES string of the molecule is C=C(C)C(=O)OCC(C)C.C=C(C)C(=O)OCCCCCCCCCCCC.C=C(C)C(=O)OCCOC(=O)CC(C)=O.C=CC(=O)OC1CC2CCC1(C)C2(C)C.C=CC1CCCCNC1=O. The molecule has 1 saturated heterocycles. The second kappa shape index (κ2) is 37.1. The lowest BCUT2D eigenvalue weighted by atomic mass is 9.70. The molecule has 3 aliphatic rings. The van der Waals surface area contributed by atoms with Gasteiger partial charge in [0.05, 0.1) is 19.1 Å². The van der Waals surface area contributed by atoms with E-state index in [2.05, 4.69) is 75.4 Å². The first kappa shape index (κ1) is 65.3. The number of carbonyl (C=O) groups is 7. The molecular weight excluding hydrogens is 867 g/mol. The molecule has 1 heterocycles. The number of hydrogen-bond acceptors (Lipinski definition) is 12. The first-order valence-corrected chi connectivity index (χ1v) is 24.8. The van der Waals surface area contributed by atoms with Crippen molar-refractivity contribution in [1.82, 2.24) is 5.32 Å². The van der Waals surface area contributed by atoms with Crippen molar-refractivity contribution in [2.24, 2.45) is 28.6 Å². The van der Waals surface area contributed by atoms with Crippen molar-refractivity contribution in [2.45, 2.75) is 184 Å². The predicted octanol–water partition coefficient (Wildman–Crippen LogP) is 11.4. The van der Waals surface area contributed by atoms with Crippen LogP contribution in [0.1, 0.15) is 178 Å². The highest BCUT2D eigenvalue weighted by molar-refractivity contribution is 5.94. The molecule has 2 aliphatic carbocycles. The summed E-state index contributed by atoms with van der Waals surface area (Å²) in [6.45, 7) is 38.5. The number of ketones is 1. The lowest BCUT2D eigenvalue weighted by Crippen LogP contribution is -2.38. The monoisotopic (exact) mass is 958 g/mol. The molecule has 388 valence electrons. The van der Waals surface area contributed by atoms with Gasteiger partial charge in [0.15, 0.2) is 0 Å². The van der Waals surface area contributed by atoms with E-state index in [0.717, 1.165) is 38.6 Å². The molecule has 2 saturated carbocycles. The Balaban J connectivity index is 0. The van der Waals surface area contributed by atoms with Gasteiger partial charge in [-0.05, 0) is 83.5 Å². The van der Waals surface area contributed by atoms with Crippen LogP contribution in [0.2, 0.25) is 0 Å². The molecule has 13 heteroatoms. The number of ether oxygens (including phenoxy) is 5. The van der Waals surface area contributed by atoms with Crippen LogP contribution in [0.25, 0.3) is 0 Å². The summed E-state index contributed by atoms with van der Waals surface area (Å²) >= 11 is 0. The number of amides is 1. The van der Waals surface area contributed by atoms with Crippen LogP contribution in [0.5, 0.6) is 0 Å².